The molecular weight excluding hydrogens is 414 g/mol. The second-order valence-electron chi connectivity index (χ2n) is 7.55. The molecule has 7 nitrogen and oxygen atoms in total. The Morgan fingerprint density at radius 2 is 1.61 bits per heavy atom. The Balaban J connectivity index is 1.37. The average molecular weight is 436 g/mol. The van der Waals surface area contributed by atoms with Crippen LogP contribution in [0.1, 0.15) is 17.8 Å². The zero-order chi connectivity index (χ0) is 22.0. The van der Waals surface area contributed by atoms with Gasteiger partial charge in [0.05, 0.1) is 5.92 Å². The first kappa shape index (κ1) is 20.8. The lowest BCUT2D eigenvalue weighted by Crippen LogP contribution is -2.28. The molecule has 1 aromatic heterocycles. The molecule has 0 radical (unpaired) electrons. The molecule has 3 aromatic rings. The molecule has 0 bridgehead atoms. The van der Waals surface area contributed by atoms with Crippen LogP contribution in [0.5, 0.6) is 0 Å². The maximum absolute atomic E-state index is 12.7. The Bertz CT molecular complexity index is 1100. The van der Waals surface area contributed by atoms with E-state index in [1.807, 2.05) is 32.0 Å². The number of rotatable bonds is 5. The number of nitrogens with zero attached hydrogens (tertiary/aromatic N) is 3. The number of carbonyl (C=O) groups excluding carboxylic acids is 2. The second-order valence-corrected chi connectivity index (χ2v) is 7.98. The molecule has 1 unspecified atom stereocenters. The van der Waals surface area contributed by atoms with E-state index in [1.54, 1.807) is 41.3 Å². The molecule has 4 rings (SSSR count). The van der Waals surface area contributed by atoms with Crippen molar-refractivity contribution in [1.82, 2.24) is 9.97 Å². The van der Waals surface area contributed by atoms with Crippen molar-refractivity contribution in [2.24, 2.45) is 5.92 Å². The van der Waals surface area contributed by atoms with Gasteiger partial charge >= 0.3 is 0 Å². The minimum absolute atomic E-state index is 0.0736. The summed E-state index contributed by atoms with van der Waals surface area (Å²) in [6.07, 6.45) is 0.179. The molecule has 31 heavy (non-hydrogen) atoms. The molecule has 2 heterocycles. The van der Waals surface area contributed by atoms with Crippen molar-refractivity contribution in [2.75, 3.05) is 22.1 Å². The summed E-state index contributed by atoms with van der Waals surface area (Å²) >= 11 is 5.92. The maximum Gasteiger partial charge on any atom is 0.229 e. The van der Waals surface area contributed by atoms with Crippen LogP contribution >= 0.6 is 11.6 Å². The predicted octanol–water partition coefficient (Wildman–Crippen LogP) is 4.48. The third-order valence-corrected chi connectivity index (χ3v) is 5.28. The Morgan fingerprint density at radius 1 is 1.00 bits per heavy atom. The number of amides is 2. The smallest absolute Gasteiger partial charge is 0.229 e. The normalized spacial score (nSPS) is 15.8. The number of carbonyl (C=O) groups is 2. The molecule has 1 aliphatic rings. The SMILES string of the molecule is Cc1cc(C)nc(Nc2ccc(NC(=O)C3CC(=O)N(c4ccc(Cl)cc4)C3)cc2)n1. The number of benzene rings is 2. The number of nitrogens with one attached hydrogen (secondary N) is 2. The standard InChI is InChI=1S/C23H22ClN5O2/c1-14-11-15(2)26-23(25-14)28-19-7-5-18(6-8-19)27-22(31)16-12-21(30)29(13-16)20-9-3-17(24)4-10-20/h3-11,16H,12-13H2,1-2H3,(H,27,31)(H,25,26,28). The van der Waals surface area contributed by atoms with E-state index in [4.69, 9.17) is 11.6 Å². The zero-order valence-corrected chi connectivity index (χ0v) is 18.0. The van der Waals surface area contributed by atoms with Crippen molar-refractivity contribution in [2.45, 2.75) is 20.3 Å². The summed E-state index contributed by atoms with van der Waals surface area (Å²) in [5, 5.41) is 6.66. The highest BCUT2D eigenvalue weighted by molar-refractivity contribution is 6.30. The molecular formula is C23H22ClN5O2. The lowest BCUT2D eigenvalue weighted by molar-refractivity contribution is -0.122. The Morgan fingerprint density at radius 3 is 2.26 bits per heavy atom. The molecule has 0 spiro atoms. The molecule has 0 aliphatic carbocycles. The molecule has 1 atom stereocenters. The van der Waals surface area contributed by atoms with Crippen molar-refractivity contribution in [3.05, 3.63) is 71.0 Å². The zero-order valence-electron chi connectivity index (χ0n) is 17.2. The molecule has 1 saturated heterocycles. The molecule has 1 fully saturated rings. The molecule has 1 aliphatic heterocycles. The summed E-state index contributed by atoms with van der Waals surface area (Å²) in [6, 6.07) is 16.2. The minimum Gasteiger partial charge on any atom is -0.326 e. The Labute approximate surface area is 185 Å². The van der Waals surface area contributed by atoms with Crippen LogP contribution in [0, 0.1) is 19.8 Å². The molecule has 0 saturated carbocycles. The Hall–Kier alpha value is -3.45. The fourth-order valence-corrected chi connectivity index (χ4v) is 3.67. The highest BCUT2D eigenvalue weighted by Gasteiger charge is 2.35. The Kier molecular flexibility index (Phi) is 5.86. The third-order valence-electron chi connectivity index (χ3n) is 5.02. The van der Waals surface area contributed by atoms with E-state index < -0.39 is 5.92 Å². The van der Waals surface area contributed by atoms with Crippen LogP contribution in [-0.2, 0) is 9.59 Å². The van der Waals surface area contributed by atoms with Gasteiger partial charge in [-0.25, -0.2) is 9.97 Å². The number of aromatic nitrogens is 2. The molecule has 2 aromatic carbocycles. The van der Waals surface area contributed by atoms with E-state index in [2.05, 4.69) is 20.6 Å². The summed E-state index contributed by atoms with van der Waals surface area (Å²) < 4.78 is 0. The maximum atomic E-state index is 12.7. The van der Waals surface area contributed by atoms with Gasteiger partial charge in [0.25, 0.3) is 0 Å². The van der Waals surface area contributed by atoms with Crippen LogP contribution in [0.25, 0.3) is 0 Å². The summed E-state index contributed by atoms with van der Waals surface area (Å²) in [4.78, 5) is 35.4. The van der Waals surface area contributed by atoms with Gasteiger partial charge in [-0.2, -0.15) is 0 Å². The van der Waals surface area contributed by atoms with E-state index >= 15 is 0 Å². The minimum atomic E-state index is -0.412. The highest BCUT2D eigenvalue weighted by atomic mass is 35.5. The van der Waals surface area contributed by atoms with Gasteiger partial charge in [0.2, 0.25) is 17.8 Å². The van der Waals surface area contributed by atoms with Crippen LogP contribution in [0.3, 0.4) is 0 Å². The summed E-state index contributed by atoms with van der Waals surface area (Å²) in [5.41, 5.74) is 3.99. The quantitative estimate of drug-likeness (QED) is 0.616. The van der Waals surface area contributed by atoms with E-state index in [9.17, 15) is 9.59 Å². The number of hydrogen-bond acceptors (Lipinski definition) is 5. The van der Waals surface area contributed by atoms with Crippen molar-refractivity contribution in [3.8, 4) is 0 Å². The van der Waals surface area contributed by atoms with Gasteiger partial charge in [-0.1, -0.05) is 11.6 Å². The third kappa shape index (κ3) is 5.00. The van der Waals surface area contributed by atoms with Gasteiger partial charge in [0, 0.05) is 46.4 Å². The summed E-state index contributed by atoms with van der Waals surface area (Å²) in [6.45, 7) is 4.18. The first-order chi connectivity index (χ1) is 14.9. The fourth-order valence-electron chi connectivity index (χ4n) is 3.55. The topological polar surface area (TPSA) is 87.2 Å². The fraction of sp³-hybridized carbons (Fsp3) is 0.217. The number of anilines is 4. The van der Waals surface area contributed by atoms with Crippen LogP contribution in [-0.4, -0.2) is 28.3 Å². The number of hydrogen-bond donors (Lipinski definition) is 2. The highest BCUT2D eigenvalue weighted by Crippen LogP contribution is 2.27. The van der Waals surface area contributed by atoms with Crippen molar-refractivity contribution in [3.63, 3.8) is 0 Å². The second kappa shape index (κ2) is 8.73. The van der Waals surface area contributed by atoms with Gasteiger partial charge in [-0.3, -0.25) is 9.59 Å². The first-order valence-corrected chi connectivity index (χ1v) is 10.3. The molecule has 2 amide bonds. The summed E-state index contributed by atoms with van der Waals surface area (Å²) in [7, 11) is 0. The molecule has 8 heteroatoms. The number of halogens is 1. The van der Waals surface area contributed by atoms with E-state index in [0.29, 0.717) is 23.2 Å². The van der Waals surface area contributed by atoms with Crippen molar-refractivity contribution in [1.29, 1.82) is 0 Å². The van der Waals surface area contributed by atoms with Gasteiger partial charge in [0.1, 0.15) is 0 Å². The van der Waals surface area contributed by atoms with E-state index in [1.165, 1.54) is 0 Å². The average Bonchev–Trinajstić information content (AvgIpc) is 3.11. The van der Waals surface area contributed by atoms with Crippen LogP contribution in [0.4, 0.5) is 23.0 Å². The van der Waals surface area contributed by atoms with Crippen molar-refractivity contribution >= 4 is 46.4 Å². The van der Waals surface area contributed by atoms with Gasteiger partial charge < -0.3 is 15.5 Å². The van der Waals surface area contributed by atoms with Crippen LogP contribution in [0.15, 0.2) is 54.6 Å². The largest absolute Gasteiger partial charge is 0.326 e. The molecule has 158 valence electrons. The summed E-state index contributed by atoms with van der Waals surface area (Å²) in [5.74, 6) is -0.135. The van der Waals surface area contributed by atoms with Gasteiger partial charge in [0.15, 0.2) is 0 Å². The van der Waals surface area contributed by atoms with E-state index in [-0.39, 0.29) is 18.2 Å². The van der Waals surface area contributed by atoms with Gasteiger partial charge in [-0.15, -0.1) is 0 Å². The lowest BCUT2D eigenvalue weighted by Gasteiger charge is -2.17. The van der Waals surface area contributed by atoms with E-state index in [0.717, 1.165) is 22.8 Å². The van der Waals surface area contributed by atoms with Crippen LogP contribution < -0.4 is 15.5 Å². The lowest BCUT2D eigenvalue weighted by atomic mass is 10.1. The molecule has 2 N–H and O–H groups in total. The monoisotopic (exact) mass is 435 g/mol. The number of aryl methyl sites for hydroxylation is 2. The van der Waals surface area contributed by atoms with Gasteiger partial charge in [-0.05, 0) is 68.4 Å². The first-order valence-electron chi connectivity index (χ1n) is 9.93. The van der Waals surface area contributed by atoms with Crippen LogP contribution in [0.2, 0.25) is 5.02 Å². The van der Waals surface area contributed by atoms with Crippen molar-refractivity contribution < 1.29 is 9.59 Å². The predicted molar refractivity (Wildman–Crippen MR) is 122 cm³/mol.